The number of nitro benzene ring substituents is 1. The van der Waals surface area contributed by atoms with Gasteiger partial charge < -0.3 is 25.4 Å². The molecule has 2 aliphatic rings. The number of carboxylic acid groups (broad SMARTS) is 1. The first-order valence-corrected chi connectivity index (χ1v) is 13.2. The second-order valence-electron chi connectivity index (χ2n) is 8.21. The standard InChI is InChI=1S/C23H26N4O8S2/c1-13(36-9-8-25-23(32)35-12-15-3-5-16(6-4-15)27(33)34)19-17-11-18(37-10-7-24-14(2)28)20(22(30)31)26(17)21(19)29/h3-7,10,13,17,19H,8-9,11-12H2,1-2H3,(H,24,28)(H,25,32)(H,30,31)/b10-7+/t13?,17-,19-/m1/s1. The predicted octanol–water partition coefficient (Wildman–Crippen LogP) is 2.81. The average Bonchev–Trinajstić information content (AvgIpc) is 3.18. The van der Waals surface area contributed by atoms with Crippen molar-refractivity contribution < 1.29 is 33.9 Å². The molecule has 0 saturated carbocycles. The molecule has 14 heteroatoms. The Hall–Kier alpha value is -3.52. The molecule has 3 atom stereocenters. The quantitative estimate of drug-likeness (QED) is 0.152. The molecule has 1 aromatic carbocycles. The van der Waals surface area contributed by atoms with Gasteiger partial charge in [0.2, 0.25) is 11.8 Å². The van der Waals surface area contributed by atoms with Gasteiger partial charge in [-0.3, -0.25) is 19.7 Å². The van der Waals surface area contributed by atoms with E-state index in [-0.39, 0.29) is 47.0 Å². The maximum atomic E-state index is 12.8. The van der Waals surface area contributed by atoms with Crippen molar-refractivity contribution in [3.05, 3.63) is 62.2 Å². The fraction of sp³-hybridized carbons (Fsp3) is 0.391. The number of carboxylic acids is 1. The summed E-state index contributed by atoms with van der Waals surface area (Å²) < 4.78 is 5.11. The van der Waals surface area contributed by atoms with Crippen LogP contribution in [0.5, 0.6) is 0 Å². The monoisotopic (exact) mass is 550 g/mol. The molecule has 1 unspecified atom stereocenters. The van der Waals surface area contributed by atoms with Crippen molar-refractivity contribution in [2.24, 2.45) is 5.92 Å². The lowest BCUT2D eigenvalue weighted by Gasteiger charge is -2.45. The van der Waals surface area contributed by atoms with Crippen molar-refractivity contribution in [3.8, 4) is 0 Å². The number of carbonyl (C=O) groups excluding carboxylic acids is 3. The van der Waals surface area contributed by atoms with Gasteiger partial charge in [-0.25, -0.2) is 9.59 Å². The summed E-state index contributed by atoms with van der Waals surface area (Å²) >= 11 is 2.66. The Bertz CT molecular complexity index is 1140. The third-order valence-electron chi connectivity index (χ3n) is 5.71. The van der Waals surface area contributed by atoms with Crippen LogP contribution >= 0.6 is 23.5 Å². The van der Waals surface area contributed by atoms with E-state index in [0.717, 1.165) is 0 Å². The van der Waals surface area contributed by atoms with Gasteiger partial charge in [0, 0.05) is 54.1 Å². The molecule has 3 rings (SSSR count). The van der Waals surface area contributed by atoms with E-state index < -0.39 is 17.0 Å². The van der Waals surface area contributed by atoms with Gasteiger partial charge in [0.15, 0.2) is 0 Å². The van der Waals surface area contributed by atoms with Crippen LogP contribution in [-0.4, -0.2) is 62.4 Å². The number of alkyl carbamates (subject to hydrolysis) is 1. The van der Waals surface area contributed by atoms with E-state index >= 15 is 0 Å². The van der Waals surface area contributed by atoms with E-state index in [9.17, 15) is 34.4 Å². The largest absolute Gasteiger partial charge is 0.477 e. The topological polar surface area (TPSA) is 168 Å². The van der Waals surface area contributed by atoms with Gasteiger partial charge >= 0.3 is 12.1 Å². The predicted molar refractivity (Wildman–Crippen MR) is 137 cm³/mol. The molecule has 1 fully saturated rings. The normalized spacial score (nSPS) is 19.3. The second kappa shape index (κ2) is 12.6. The van der Waals surface area contributed by atoms with Crippen molar-refractivity contribution in [3.63, 3.8) is 0 Å². The Morgan fingerprint density at radius 3 is 2.65 bits per heavy atom. The molecule has 37 heavy (non-hydrogen) atoms. The number of β-lactam (4-membered cyclic amide) rings is 1. The molecule has 0 radical (unpaired) electrons. The minimum atomic E-state index is -1.17. The zero-order valence-electron chi connectivity index (χ0n) is 20.0. The van der Waals surface area contributed by atoms with Crippen molar-refractivity contribution in [2.75, 3.05) is 12.3 Å². The zero-order valence-corrected chi connectivity index (χ0v) is 21.7. The summed E-state index contributed by atoms with van der Waals surface area (Å²) in [7, 11) is 0. The Balaban J connectivity index is 1.41. The number of nitrogens with zero attached hydrogens (tertiary/aromatic N) is 2. The highest BCUT2D eigenvalue weighted by atomic mass is 32.2. The molecule has 0 bridgehead atoms. The number of nitrogens with one attached hydrogen (secondary N) is 2. The van der Waals surface area contributed by atoms with Gasteiger partial charge in [-0.05, 0) is 23.1 Å². The minimum absolute atomic E-state index is 0.0154. The minimum Gasteiger partial charge on any atom is -0.477 e. The number of amides is 3. The van der Waals surface area contributed by atoms with Crippen LogP contribution in [0.1, 0.15) is 25.8 Å². The van der Waals surface area contributed by atoms with E-state index in [4.69, 9.17) is 4.74 Å². The van der Waals surface area contributed by atoms with Crippen molar-refractivity contribution >= 4 is 53.1 Å². The number of non-ortho nitro benzene ring substituents is 1. The molecular weight excluding hydrogens is 524 g/mol. The highest BCUT2D eigenvalue weighted by Crippen LogP contribution is 2.48. The fourth-order valence-corrected chi connectivity index (χ4v) is 5.97. The van der Waals surface area contributed by atoms with E-state index in [1.807, 2.05) is 6.92 Å². The van der Waals surface area contributed by atoms with Crippen LogP contribution in [-0.2, 0) is 25.7 Å². The Labute approximate surface area is 221 Å². The van der Waals surface area contributed by atoms with Crippen LogP contribution in [0.4, 0.5) is 10.5 Å². The smallest absolute Gasteiger partial charge is 0.407 e. The van der Waals surface area contributed by atoms with Gasteiger partial charge in [-0.2, -0.15) is 11.8 Å². The number of ether oxygens (including phenoxy) is 1. The highest BCUT2D eigenvalue weighted by Gasteiger charge is 2.56. The van der Waals surface area contributed by atoms with Crippen molar-refractivity contribution in [2.45, 2.75) is 38.2 Å². The van der Waals surface area contributed by atoms with Gasteiger partial charge in [-0.1, -0.05) is 18.7 Å². The first-order chi connectivity index (χ1) is 17.6. The van der Waals surface area contributed by atoms with Crippen LogP contribution in [0.2, 0.25) is 0 Å². The molecule has 2 aliphatic heterocycles. The van der Waals surface area contributed by atoms with Crippen LogP contribution in [0, 0.1) is 16.0 Å². The van der Waals surface area contributed by atoms with Gasteiger partial charge in [-0.15, -0.1) is 0 Å². The molecular formula is C23H26N4O8S2. The molecule has 2 heterocycles. The zero-order chi connectivity index (χ0) is 27.1. The SMILES string of the molecule is CC(=O)N/C=C/SC1=C(C(=O)O)N2C(=O)[C@H](C(C)SCCNC(=O)OCc3ccc([N+](=O)[O-])cc3)[C@H]2C1. The number of nitro groups is 1. The molecule has 0 aromatic heterocycles. The summed E-state index contributed by atoms with van der Waals surface area (Å²) in [5.41, 5.74) is 0.554. The number of rotatable bonds is 12. The summed E-state index contributed by atoms with van der Waals surface area (Å²) in [5, 5.41) is 26.9. The van der Waals surface area contributed by atoms with Crippen LogP contribution < -0.4 is 10.6 Å². The van der Waals surface area contributed by atoms with Crippen LogP contribution in [0.25, 0.3) is 0 Å². The van der Waals surface area contributed by atoms with Crippen LogP contribution in [0.15, 0.2) is 46.5 Å². The van der Waals surface area contributed by atoms with Gasteiger partial charge in [0.1, 0.15) is 12.3 Å². The third kappa shape index (κ3) is 7.04. The second-order valence-corrected chi connectivity index (χ2v) is 10.7. The summed E-state index contributed by atoms with van der Waals surface area (Å²) in [6, 6.07) is 5.46. The van der Waals surface area contributed by atoms with Crippen LogP contribution in [0.3, 0.4) is 0 Å². The lowest BCUT2D eigenvalue weighted by molar-refractivity contribution is -0.384. The summed E-state index contributed by atoms with van der Waals surface area (Å²) in [6.45, 7) is 3.54. The number of hydrogen-bond donors (Lipinski definition) is 3. The molecule has 1 saturated heterocycles. The third-order valence-corrected chi connectivity index (χ3v) is 7.89. The van der Waals surface area contributed by atoms with Gasteiger partial charge in [0.25, 0.3) is 5.69 Å². The molecule has 3 amide bonds. The maximum Gasteiger partial charge on any atom is 0.407 e. The Morgan fingerprint density at radius 2 is 2.03 bits per heavy atom. The van der Waals surface area contributed by atoms with Crippen molar-refractivity contribution in [1.82, 2.24) is 15.5 Å². The lowest BCUT2D eigenvalue weighted by atomic mass is 9.85. The highest BCUT2D eigenvalue weighted by molar-refractivity contribution is 8.05. The number of benzene rings is 1. The van der Waals surface area contributed by atoms with Gasteiger partial charge in [0.05, 0.1) is 16.9 Å². The molecule has 1 aromatic rings. The summed E-state index contributed by atoms with van der Waals surface area (Å²) in [4.78, 5) is 59.5. The Kier molecular flexibility index (Phi) is 9.58. The first-order valence-electron chi connectivity index (χ1n) is 11.2. The number of carbonyl (C=O) groups is 4. The number of fused-ring (bicyclic) bond motifs is 1. The lowest BCUT2D eigenvalue weighted by Crippen LogP contribution is -2.61. The molecule has 198 valence electrons. The fourth-order valence-electron chi connectivity index (χ4n) is 4.01. The van der Waals surface area contributed by atoms with E-state index in [0.29, 0.717) is 29.2 Å². The number of hydrogen-bond acceptors (Lipinski definition) is 9. The number of thioether (sulfide) groups is 2. The van der Waals surface area contributed by atoms with Crippen molar-refractivity contribution in [1.29, 1.82) is 0 Å². The summed E-state index contributed by atoms with van der Waals surface area (Å²) in [6.07, 6.45) is 1.22. The number of aliphatic carboxylic acids is 1. The van der Waals surface area contributed by atoms with E-state index in [1.54, 1.807) is 5.41 Å². The maximum absolute atomic E-state index is 12.8. The average molecular weight is 551 g/mol. The van der Waals surface area contributed by atoms with E-state index in [1.165, 1.54) is 65.8 Å². The summed E-state index contributed by atoms with van der Waals surface area (Å²) in [5.74, 6) is -1.47. The molecule has 12 nitrogen and oxygen atoms in total. The molecule has 0 spiro atoms. The van der Waals surface area contributed by atoms with E-state index in [2.05, 4.69) is 10.6 Å². The molecule has 3 N–H and O–H groups in total. The molecule has 0 aliphatic carbocycles. The Morgan fingerprint density at radius 1 is 1.32 bits per heavy atom. The first kappa shape index (κ1) is 28.1.